The zero-order valence-electron chi connectivity index (χ0n) is 7.61. The number of carbonyl (C=O) groups is 1. The number of nitrogens with zero attached hydrogens (tertiary/aromatic N) is 1. The molecule has 1 aromatic carbocycles. The van der Waals surface area contributed by atoms with Crippen molar-refractivity contribution in [2.75, 3.05) is 0 Å². The summed E-state index contributed by atoms with van der Waals surface area (Å²) in [7, 11) is 0. The number of halogens is 1. The zero-order valence-corrected chi connectivity index (χ0v) is 7.61. The Morgan fingerprint density at radius 3 is 2.87 bits per heavy atom. The van der Waals surface area contributed by atoms with E-state index in [1.807, 2.05) is 0 Å². The lowest BCUT2D eigenvalue weighted by Gasteiger charge is -2.01. The van der Waals surface area contributed by atoms with E-state index < -0.39 is 6.09 Å². The Balaban J connectivity index is 2.49. The maximum Gasteiger partial charge on any atom is 0.411 e. The predicted molar refractivity (Wildman–Crippen MR) is 51.9 cm³/mol. The number of nitrogens with two attached hydrogens (primary N) is 1. The van der Waals surface area contributed by atoms with Crippen LogP contribution in [0.5, 0.6) is 5.88 Å². The number of hydrogen-bond donors (Lipinski definition) is 1. The number of carbonyl (C=O) groups excluding carboxylic acids is 1. The Hall–Kier alpha value is -2.17. The monoisotopic (exact) mass is 206 g/mol. The summed E-state index contributed by atoms with van der Waals surface area (Å²) in [5.41, 5.74) is 4.82. The Morgan fingerprint density at radius 2 is 2.13 bits per heavy atom. The third-order valence-corrected chi connectivity index (χ3v) is 1.86. The fourth-order valence-electron chi connectivity index (χ4n) is 1.25. The van der Waals surface area contributed by atoms with Gasteiger partial charge in [-0.1, -0.05) is 0 Å². The Morgan fingerprint density at radius 1 is 1.33 bits per heavy atom. The van der Waals surface area contributed by atoms with Crippen molar-refractivity contribution in [3.8, 4) is 5.88 Å². The fraction of sp³-hybridized carbons (Fsp3) is 0. The van der Waals surface area contributed by atoms with Crippen molar-refractivity contribution in [2.45, 2.75) is 0 Å². The second-order valence-corrected chi connectivity index (χ2v) is 2.94. The van der Waals surface area contributed by atoms with Crippen LogP contribution in [0.4, 0.5) is 9.18 Å². The summed E-state index contributed by atoms with van der Waals surface area (Å²) in [6, 6.07) is 5.69. The standard InChI is InChI=1S/C10H7FN2O2/c11-8-2-1-6-5-13-9(15-10(12)14)4-7(6)3-8/h1-5H,(H2,12,14). The summed E-state index contributed by atoms with van der Waals surface area (Å²) in [5.74, 6) is -0.306. The summed E-state index contributed by atoms with van der Waals surface area (Å²) in [5, 5.41) is 1.36. The van der Waals surface area contributed by atoms with Crippen LogP contribution in [0, 0.1) is 5.82 Å². The molecule has 0 unspecified atom stereocenters. The minimum atomic E-state index is -0.946. The number of ether oxygens (including phenoxy) is 1. The van der Waals surface area contributed by atoms with Gasteiger partial charge in [0.05, 0.1) is 0 Å². The van der Waals surface area contributed by atoms with Crippen LogP contribution >= 0.6 is 0 Å². The average molecular weight is 206 g/mol. The molecule has 1 amide bonds. The van der Waals surface area contributed by atoms with E-state index in [4.69, 9.17) is 5.73 Å². The van der Waals surface area contributed by atoms with Gasteiger partial charge in [0.25, 0.3) is 0 Å². The molecule has 0 spiro atoms. The van der Waals surface area contributed by atoms with E-state index in [0.29, 0.717) is 5.39 Å². The highest BCUT2D eigenvalue weighted by atomic mass is 19.1. The van der Waals surface area contributed by atoms with E-state index in [1.54, 1.807) is 6.07 Å². The minimum Gasteiger partial charge on any atom is -0.391 e. The van der Waals surface area contributed by atoms with Crippen LogP contribution in [0.3, 0.4) is 0 Å². The number of aromatic nitrogens is 1. The van der Waals surface area contributed by atoms with Crippen molar-refractivity contribution >= 4 is 16.9 Å². The number of hydrogen-bond acceptors (Lipinski definition) is 3. The highest BCUT2D eigenvalue weighted by Gasteiger charge is 2.02. The SMILES string of the molecule is NC(=O)Oc1cc2cc(F)ccc2cn1. The first-order valence-electron chi connectivity index (χ1n) is 4.18. The molecule has 0 aliphatic carbocycles. The van der Waals surface area contributed by atoms with Crippen LogP contribution in [0.1, 0.15) is 0 Å². The molecule has 0 radical (unpaired) electrons. The lowest BCUT2D eigenvalue weighted by atomic mass is 10.2. The Kier molecular flexibility index (Phi) is 2.21. The maximum absolute atomic E-state index is 12.9. The predicted octanol–water partition coefficient (Wildman–Crippen LogP) is 1.83. The molecule has 1 heterocycles. The molecule has 0 saturated heterocycles. The summed E-state index contributed by atoms with van der Waals surface area (Å²) in [6.07, 6.45) is 0.533. The molecule has 0 saturated carbocycles. The molecule has 1 aromatic heterocycles. The van der Waals surface area contributed by atoms with Gasteiger partial charge in [-0.05, 0) is 23.6 Å². The van der Waals surface area contributed by atoms with Gasteiger partial charge in [0.2, 0.25) is 5.88 Å². The number of benzene rings is 1. The number of fused-ring (bicyclic) bond motifs is 1. The first-order chi connectivity index (χ1) is 7.15. The molecule has 76 valence electrons. The summed E-state index contributed by atoms with van der Waals surface area (Å²) >= 11 is 0. The number of primary amides is 1. The smallest absolute Gasteiger partial charge is 0.391 e. The van der Waals surface area contributed by atoms with E-state index in [2.05, 4.69) is 9.72 Å². The molecule has 0 atom stereocenters. The van der Waals surface area contributed by atoms with Crippen LogP contribution in [0.2, 0.25) is 0 Å². The van der Waals surface area contributed by atoms with E-state index >= 15 is 0 Å². The van der Waals surface area contributed by atoms with Gasteiger partial charge < -0.3 is 10.5 Å². The quantitative estimate of drug-likeness (QED) is 0.774. The van der Waals surface area contributed by atoms with Crippen LogP contribution in [0.15, 0.2) is 30.5 Å². The summed E-state index contributed by atoms with van der Waals surface area (Å²) < 4.78 is 17.4. The van der Waals surface area contributed by atoms with E-state index in [1.165, 1.54) is 24.4 Å². The number of amides is 1. The molecule has 4 nitrogen and oxygen atoms in total. The highest BCUT2D eigenvalue weighted by molar-refractivity contribution is 5.83. The van der Waals surface area contributed by atoms with Crippen molar-refractivity contribution in [3.63, 3.8) is 0 Å². The molecular weight excluding hydrogens is 199 g/mol. The highest BCUT2D eigenvalue weighted by Crippen LogP contribution is 2.18. The normalized spacial score (nSPS) is 10.2. The third-order valence-electron chi connectivity index (χ3n) is 1.86. The van der Waals surface area contributed by atoms with Crippen molar-refractivity contribution < 1.29 is 13.9 Å². The first kappa shape index (κ1) is 9.39. The largest absolute Gasteiger partial charge is 0.411 e. The molecule has 0 aliphatic rings. The van der Waals surface area contributed by atoms with Gasteiger partial charge in [-0.2, -0.15) is 0 Å². The molecule has 15 heavy (non-hydrogen) atoms. The molecule has 2 aromatic rings. The van der Waals surface area contributed by atoms with E-state index in [0.717, 1.165) is 5.39 Å². The lowest BCUT2D eigenvalue weighted by molar-refractivity contribution is 0.209. The van der Waals surface area contributed by atoms with Crippen LogP contribution in [-0.4, -0.2) is 11.1 Å². The van der Waals surface area contributed by atoms with Crippen LogP contribution < -0.4 is 10.5 Å². The Bertz CT molecular complexity index is 528. The summed E-state index contributed by atoms with van der Waals surface area (Å²) in [6.45, 7) is 0. The van der Waals surface area contributed by atoms with Crippen molar-refractivity contribution in [3.05, 3.63) is 36.3 Å². The molecule has 0 aliphatic heterocycles. The number of pyridine rings is 1. The van der Waals surface area contributed by atoms with Gasteiger partial charge in [-0.25, -0.2) is 14.2 Å². The topological polar surface area (TPSA) is 65.2 Å². The van der Waals surface area contributed by atoms with Gasteiger partial charge in [-0.15, -0.1) is 0 Å². The first-order valence-corrected chi connectivity index (χ1v) is 4.18. The van der Waals surface area contributed by atoms with Gasteiger partial charge >= 0.3 is 6.09 Å². The molecule has 0 fully saturated rings. The lowest BCUT2D eigenvalue weighted by Crippen LogP contribution is -2.16. The fourth-order valence-corrected chi connectivity index (χ4v) is 1.25. The van der Waals surface area contributed by atoms with Gasteiger partial charge in [0.15, 0.2) is 0 Å². The second kappa shape index (κ2) is 3.53. The molecule has 0 bridgehead atoms. The van der Waals surface area contributed by atoms with Gasteiger partial charge in [0.1, 0.15) is 5.82 Å². The third kappa shape index (κ3) is 2.01. The Labute approximate surface area is 84.5 Å². The average Bonchev–Trinajstić information content (AvgIpc) is 2.16. The van der Waals surface area contributed by atoms with Crippen LogP contribution in [0.25, 0.3) is 10.8 Å². The van der Waals surface area contributed by atoms with Crippen molar-refractivity contribution in [2.24, 2.45) is 5.73 Å². The van der Waals surface area contributed by atoms with Gasteiger partial charge in [-0.3, -0.25) is 0 Å². The van der Waals surface area contributed by atoms with E-state index in [-0.39, 0.29) is 11.7 Å². The number of rotatable bonds is 1. The van der Waals surface area contributed by atoms with E-state index in [9.17, 15) is 9.18 Å². The van der Waals surface area contributed by atoms with Gasteiger partial charge in [0, 0.05) is 17.6 Å². The minimum absolute atomic E-state index is 0.0561. The molecule has 2 rings (SSSR count). The van der Waals surface area contributed by atoms with Crippen molar-refractivity contribution in [1.29, 1.82) is 0 Å². The molecule has 5 heteroatoms. The second-order valence-electron chi connectivity index (χ2n) is 2.94. The van der Waals surface area contributed by atoms with Crippen molar-refractivity contribution in [1.82, 2.24) is 4.98 Å². The summed E-state index contributed by atoms with van der Waals surface area (Å²) in [4.78, 5) is 14.3. The molecular formula is C10H7FN2O2. The zero-order chi connectivity index (χ0) is 10.8. The van der Waals surface area contributed by atoms with Crippen LogP contribution in [-0.2, 0) is 0 Å². The maximum atomic E-state index is 12.9. The molecule has 2 N–H and O–H groups in total.